The minimum Gasteiger partial charge on any atom is -0.493 e. The van der Waals surface area contributed by atoms with Gasteiger partial charge in [0.1, 0.15) is 0 Å². The zero-order chi connectivity index (χ0) is 19.8. The van der Waals surface area contributed by atoms with Gasteiger partial charge in [0.2, 0.25) is 6.10 Å². The van der Waals surface area contributed by atoms with E-state index in [1.807, 2.05) is 19.9 Å². The molecule has 6 nitrogen and oxygen atoms in total. The molecule has 1 atom stereocenters. The fraction of sp³-hybridized carbons (Fsp3) is 0.300. The number of nitrogens with zero attached hydrogens (tertiary/aromatic N) is 1. The standard InChI is InChI=1S/C20H23ClN2O4/c1-13(2)26-18-10-5-15(11-19(18)25-4)12-22-27-14(3)20(24)23-17-8-6-16(21)7-9-17/h5-14H,1-4H3,(H,23,24)/b22-12-/t14-/m0/s1. The summed E-state index contributed by atoms with van der Waals surface area (Å²) >= 11 is 5.82. The second-order valence-electron chi connectivity index (χ2n) is 6.06. The average molecular weight is 391 g/mol. The topological polar surface area (TPSA) is 69.2 Å². The van der Waals surface area contributed by atoms with Crippen molar-refractivity contribution in [2.45, 2.75) is 33.0 Å². The molecule has 0 radical (unpaired) electrons. The molecule has 144 valence electrons. The molecule has 2 aromatic rings. The molecule has 27 heavy (non-hydrogen) atoms. The summed E-state index contributed by atoms with van der Waals surface area (Å²) in [5.74, 6) is 0.940. The first kappa shape index (κ1) is 20.6. The summed E-state index contributed by atoms with van der Waals surface area (Å²) in [5, 5.41) is 7.21. The van der Waals surface area contributed by atoms with Crippen molar-refractivity contribution in [3.05, 3.63) is 53.1 Å². The molecule has 0 aromatic heterocycles. The fourth-order valence-electron chi connectivity index (χ4n) is 2.12. The largest absolute Gasteiger partial charge is 0.493 e. The van der Waals surface area contributed by atoms with Crippen LogP contribution in [0.25, 0.3) is 0 Å². The van der Waals surface area contributed by atoms with Crippen molar-refractivity contribution >= 4 is 29.4 Å². The third-order valence-corrected chi connectivity index (χ3v) is 3.70. The highest BCUT2D eigenvalue weighted by Crippen LogP contribution is 2.28. The molecule has 0 heterocycles. The Morgan fingerprint density at radius 1 is 1.11 bits per heavy atom. The molecule has 2 aromatic carbocycles. The van der Waals surface area contributed by atoms with Gasteiger partial charge >= 0.3 is 0 Å². The molecular weight excluding hydrogens is 368 g/mol. The Morgan fingerprint density at radius 2 is 1.81 bits per heavy atom. The molecular formula is C20H23ClN2O4. The monoisotopic (exact) mass is 390 g/mol. The van der Waals surface area contributed by atoms with Gasteiger partial charge < -0.3 is 19.6 Å². The number of ether oxygens (including phenoxy) is 2. The van der Waals surface area contributed by atoms with Gasteiger partial charge in [-0.1, -0.05) is 16.8 Å². The van der Waals surface area contributed by atoms with Crippen LogP contribution in [0.4, 0.5) is 5.69 Å². The molecule has 0 unspecified atom stereocenters. The first-order valence-corrected chi connectivity index (χ1v) is 8.87. The molecule has 0 aliphatic heterocycles. The maximum absolute atomic E-state index is 12.1. The molecule has 0 aliphatic rings. The van der Waals surface area contributed by atoms with Crippen LogP contribution in [0.5, 0.6) is 11.5 Å². The lowest BCUT2D eigenvalue weighted by molar-refractivity contribution is -0.126. The van der Waals surface area contributed by atoms with Crippen molar-refractivity contribution in [1.82, 2.24) is 0 Å². The van der Waals surface area contributed by atoms with E-state index >= 15 is 0 Å². The van der Waals surface area contributed by atoms with E-state index in [0.29, 0.717) is 22.2 Å². The lowest BCUT2D eigenvalue weighted by Gasteiger charge is -2.13. The Hall–Kier alpha value is -2.73. The number of oxime groups is 1. The first-order chi connectivity index (χ1) is 12.9. The van der Waals surface area contributed by atoms with Gasteiger partial charge in [-0.15, -0.1) is 0 Å². The van der Waals surface area contributed by atoms with Crippen LogP contribution in [0.15, 0.2) is 47.6 Å². The molecule has 7 heteroatoms. The van der Waals surface area contributed by atoms with Crippen molar-refractivity contribution in [3.63, 3.8) is 0 Å². The summed E-state index contributed by atoms with van der Waals surface area (Å²) in [6.45, 7) is 5.50. The molecule has 0 saturated heterocycles. The second-order valence-corrected chi connectivity index (χ2v) is 6.49. The van der Waals surface area contributed by atoms with E-state index in [-0.39, 0.29) is 12.0 Å². The number of hydrogen-bond acceptors (Lipinski definition) is 5. The summed E-state index contributed by atoms with van der Waals surface area (Å²) in [4.78, 5) is 17.3. The Kier molecular flexibility index (Phi) is 7.49. The molecule has 1 N–H and O–H groups in total. The van der Waals surface area contributed by atoms with E-state index in [9.17, 15) is 4.79 Å². The molecule has 0 aliphatic carbocycles. The molecule has 1 amide bonds. The average Bonchev–Trinajstić information content (AvgIpc) is 2.64. The summed E-state index contributed by atoms with van der Waals surface area (Å²) in [5.41, 5.74) is 1.39. The first-order valence-electron chi connectivity index (χ1n) is 8.49. The van der Waals surface area contributed by atoms with Crippen molar-refractivity contribution in [1.29, 1.82) is 0 Å². The quantitative estimate of drug-likeness (QED) is 0.531. The molecule has 0 spiro atoms. The summed E-state index contributed by atoms with van der Waals surface area (Å²) < 4.78 is 11.0. The van der Waals surface area contributed by atoms with Crippen molar-refractivity contribution in [2.24, 2.45) is 5.16 Å². The maximum atomic E-state index is 12.1. The SMILES string of the molecule is COc1cc(/C=N\O[C@@H](C)C(=O)Nc2ccc(Cl)cc2)ccc1OC(C)C. The minimum absolute atomic E-state index is 0.0433. The van der Waals surface area contributed by atoms with E-state index in [1.165, 1.54) is 6.21 Å². The number of rotatable bonds is 8. The second kappa shape index (κ2) is 9.83. The summed E-state index contributed by atoms with van der Waals surface area (Å²) in [6.07, 6.45) is 0.789. The van der Waals surface area contributed by atoms with Gasteiger partial charge in [0, 0.05) is 16.3 Å². The lowest BCUT2D eigenvalue weighted by atomic mass is 10.2. The van der Waals surface area contributed by atoms with E-state index in [1.54, 1.807) is 50.4 Å². The highest BCUT2D eigenvalue weighted by atomic mass is 35.5. The maximum Gasteiger partial charge on any atom is 0.267 e. The highest BCUT2D eigenvalue weighted by molar-refractivity contribution is 6.30. The van der Waals surface area contributed by atoms with Crippen LogP contribution in [0, 0.1) is 0 Å². The van der Waals surface area contributed by atoms with Crippen LogP contribution < -0.4 is 14.8 Å². The number of halogens is 1. The van der Waals surface area contributed by atoms with Crippen LogP contribution in [-0.4, -0.2) is 31.4 Å². The van der Waals surface area contributed by atoms with Gasteiger partial charge in [-0.25, -0.2) is 0 Å². The number of amides is 1. The summed E-state index contributed by atoms with van der Waals surface area (Å²) in [6, 6.07) is 12.2. The fourth-order valence-corrected chi connectivity index (χ4v) is 2.25. The number of carbonyl (C=O) groups is 1. The van der Waals surface area contributed by atoms with Crippen molar-refractivity contribution in [2.75, 3.05) is 12.4 Å². The molecule has 2 rings (SSSR count). The van der Waals surface area contributed by atoms with Crippen LogP contribution in [0.2, 0.25) is 5.02 Å². The zero-order valence-corrected chi connectivity index (χ0v) is 16.5. The van der Waals surface area contributed by atoms with Crippen LogP contribution in [-0.2, 0) is 9.63 Å². The Labute approximate surface area is 164 Å². The van der Waals surface area contributed by atoms with E-state index in [4.69, 9.17) is 25.9 Å². The third-order valence-electron chi connectivity index (χ3n) is 3.45. The van der Waals surface area contributed by atoms with E-state index in [0.717, 1.165) is 5.56 Å². The minimum atomic E-state index is -0.762. The highest BCUT2D eigenvalue weighted by Gasteiger charge is 2.14. The van der Waals surface area contributed by atoms with Crippen molar-refractivity contribution < 1.29 is 19.1 Å². The normalized spacial score (nSPS) is 12.1. The lowest BCUT2D eigenvalue weighted by Crippen LogP contribution is -2.26. The molecule has 0 bridgehead atoms. The van der Waals surface area contributed by atoms with Crippen molar-refractivity contribution in [3.8, 4) is 11.5 Å². The predicted molar refractivity (Wildman–Crippen MR) is 107 cm³/mol. The van der Waals surface area contributed by atoms with Crippen LogP contribution in [0.3, 0.4) is 0 Å². The molecule has 0 fully saturated rings. The molecule has 0 saturated carbocycles. The number of nitrogens with one attached hydrogen (secondary N) is 1. The Morgan fingerprint density at radius 3 is 2.44 bits per heavy atom. The zero-order valence-electron chi connectivity index (χ0n) is 15.7. The van der Waals surface area contributed by atoms with E-state index < -0.39 is 6.10 Å². The number of carbonyl (C=O) groups excluding carboxylic acids is 1. The third kappa shape index (κ3) is 6.49. The van der Waals surface area contributed by atoms with Gasteiger partial charge in [-0.05, 0) is 63.2 Å². The van der Waals surface area contributed by atoms with Crippen LogP contribution in [0.1, 0.15) is 26.3 Å². The Balaban J connectivity index is 1.93. The van der Waals surface area contributed by atoms with Gasteiger partial charge in [0.05, 0.1) is 19.4 Å². The van der Waals surface area contributed by atoms with Gasteiger partial charge in [0.15, 0.2) is 11.5 Å². The Bertz CT molecular complexity index is 791. The summed E-state index contributed by atoms with van der Waals surface area (Å²) in [7, 11) is 1.57. The van der Waals surface area contributed by atoms with Crippen LogP contribution >= 0.6 is 11.6 Å². The number of hydrogen-bond donors (Lipinski definition) is 1. The number of anilines is 1. The number of methoxy groups -OCH3 is 1. The van der Waals surface area contributed by atoms with E-state index in [2.05, 4.69) is 10.5 Å². The predicted octanol–water partition coefficient (Wildman–Crippen LogP) is 4.51. The van der Waals surface area contributed by atoms with Gasteiger partial charge in [0.25, 0.3) is 5.91 Å². The smallest absolute Gasteiger partial charge is 0.267 e. The number of benzene rings is 2. The van der Waals surface area contributed by atoms with Gasteiger partial charge in [-0.2, -0.15) is 0 Å². The van der Waals surface area contributed by atoms with Gasteiger partial charge in [-0.3, -0.25) is 4.79 Å².